The summed E-state index contributed by atoms with van der Waals surface area (Å²) in [5, 5.41) is 8.56. The van der Waals surface area contributed by atoms with Crippen molar-refractivity contribution in [1.29, 1.82) is 0 Å². The van der Waals surface area contributed by atoms with Gasteiger partial charge in [0.15, 0.2) is 0 Å². The third kappa shape index (κ3) is 6.34. The number of amides is 4. The number of fused-ring (bicyclic) bond motifs is 1. The molecule has 4 amide bonds. The molecule has 0 aliphatic carbocycles. The summed E-state index contributed by atoms with van der Waals surface area (Å²) >= 11 is 0. The Morgan fingerprint density at radius 1 is 1.23 bits per heavy atom. The number of carbonyl (C=O) groups excluding carboxylic acids is 3. The third-order valence-electron chi connectivity index (χ3n) is 5.27. The summed E-state index contributed by atoms with van der Waals surface area (Å²) in [6, 6.07) is -1.15. The van der Waals surface area contributed by atoms with Crippen LogP contribution in [0.4, 0.5) is 4.79 Å². The highest BCUT2D eigenvalue weighted by Gasteiger charge is 2.43. The van der Waals surface area contributed by atoms with E-state index in [2.05, 4.69) is 30.8 Å². The molecular formula is C20H31N7O4. The first-order valence-electron chi connectivity index (χ1n) is 10.5. The molecule has 3 heterocycles. The molecule has 0 unspecified atom stereocenters. The molecule has 3 N–H and O–H groups in total. The number of hydrogen-bond acceptors (Lipinski definition) is 7. The number of rotatable bonds is 7. The minimum atomic E-state index is -0.701. The lowest BCUT2D eigenvalue weighted by Crippen LogP contribution is -2.52. The van der Waals surface area contributed by atoms with Gasteiger partial charge in [0.2, 0.25) is 11.8 Å². The predicted octanol–water partition coefficient (Wildman–Crippen LogP) is -0.899. The van der Waals surface area contributed by atoms with Gasteiger partial charge in [-0.3, -0.25) is 24.5 Å². The third-order valence-corrected chi connectivity index (χ3v) is 5.27. The Labute approximate surface area is 181 Å². The van der Waals surface area contributed by atoms with E-state index in [0.29, 0.717) is 32.6 Å². The normalized spacial score (nSPS) is 23.9. The van der Waals surface area contributed by atoms with E-state index in [9.17, 15) is 14.4 Å². The first-order valence-corrected chi connectivity index (χ1v) is 10.5. The molecule has 3 atom stereocenters. The molecule has 1 aromatic rings. The molecule has 0 bridgehead atoms. The lowest BCUT2D eigenvalue weighted by atomic mass is 10.1. The summed E-state index contributed by atoms with van der Waals surface area (Å²) in [4.78, 5) is 49.8. The molecule has 11 nitrogen and oxygen atoms in total. The van der Waals surface area contributed by atoms with Crippen molar-refractivity contribution < 1.29 is 19.1 Å². The number of ether oxygens (including phenoxy) is 1. The van der Waals surface area contributed by atoms with Crippen molar-refractivity contribution in [3.8, 4) is 0 Å². The summed E-state index contributed by atoms with van der Waals surface area (Å²) in [5.41, 5.74) is 0.786. The summed E-state index contributed by atoms with van der Waals surface area (Å²) in [6.45, 7) is 5.56. The summed E-state index contributed by atoms with van der Waals surface area (Å²) in [5.74, 6) is -0.492. The second-order valence-electron chi connectivity index (χ2n) is 8.29. The maximum Gasteiger partial charge on any atom is 0.315 e. The SMILES string of the molecule is COCC(=O)N[C@H]1CN(Cc2cnccn2)C[C@@H]2C[C@H](NC(=O)NC(C)C)CN2C1=O. The van der Waals surface area contributed by atoms with Crippen LogP contribution >= 0.6 is 0 Å². The van der Waals surface area contributed by atoms with Gasteiger partial charge in [-0.15, -0.1) is 0 Å². The van der Waals surface area contributed by atoms with E-state index < -0.39 is 6.04 Å². The van der Waals surface area contributed by atoms with Gasteiger partial charge in [0.1, 0.15) is 12.6 Å². The fourth-order valence-electron chi connectivity index (χ4n) is 4.11. The van der Waals surface area contributed by atoms with Gasteiger partial charge in [-0.2, -0.15) is 0 Å². The molecule has 3 rings (SSSR count). The van der Waals surface area contributed by atoms with Crippen LogP contribution in [0.3, 0.4) is 0 Å². The zero-order chi connectivity index (χ0) is 22.4. The maximum atomic E-state index is 13.3. The molecule has 2 aliphatic heterocycles. The second kappa shape index (κ2) is 10.5. The highest BCUT2D eigenvalue weighted by atomic mass is 16.5. The molecule has 1 aromatic heterocycles. The van der Waals surface area contributed by atoms with Gasteiger partial charge >= 0.3 is 6.03 Å². The van der Waals surface area contributed by atoms with E-state index >= 15 is 0 Å². The fraction of sp³-hybridized carbons (Fsp3) is 0.650. The molecule has 2 fully saturated rings. The highest BCUT2D eigenvalue weighted by Crippen LogP contribution is 2.24. The molecule has 2 saturated heterocycles. The van der Waals surface area contributed by atoms with Crippen molar-refractivity contribution in [3.63, 3.8) is 0 Å². The van der Waals surface area contributed by atoms with E-state index in [4.69, 9.17) is 4.74 Å². The molecule has 170 valence electrons. The second-order valence-corrected chi connectivity index (χ2v) is 8.29. The number of aromatic nitrogens is 2. The van der Waals surface area contributed by atoms with Crippen LogP contribution in [0.2, 0.25) is 0 Å². The van der Waals surface area contributed by atoms with Gasteiger partial charge in [-0.05, 0) is 20.3 Å². The van der Waals surface area contributed by atoms with E-state index in [1.165, 1.54) is 7.11 Å². The van der Waals surface area contributed by atoms with Crippen LogP contribution < -0.4 is 16.0 Å². The van der Waals surface area contributed by atoms with Gasteiger partial charge in [0, 0.05) is 64.0 Å². The van der Waals surface area contributed by atoms with E-state index in [0.717, 1.165) is 5.69 Å². The zero-order valence-corrected chi connectivity index (χ0v) is 18.2. The average Bonchev–Trinajstić information content (AvgIpc) is 3.04. The average molecular weight is 434 g/mol. The van der Waals surface area contributed by atoms with Crippen LogP contribution in [0, 0.1) is 0 Å². The minimum Gasteiger partial charge on any atom is -0.375 e. The topological polar surface area (TPSA) is 129 Å². The molecule has 0 aromatic carbocycles. The highest BCUT2D eigenvalue weighted by molar-refractivity contribution is 5.89. The Hall–Kier alpha value is -2.79. The van der Waals surface area contributed by atoms with E-state index in [1.807, 2.05) is 13.8 Å². The Bertz CT molecular complexity index is 776. The van der Waals surface area contributed by atoms with Crippen molar-refractivity contribution >= 4 is 17.8 Å². The van der Waals surface area contributed by atoms with Crippen molar-refractivity contribution in [2.75, 3.05) is 33.4 Å². The van der Waals surface area contributed by atoms with Gasteiger partial charge in [0.05, 0.1) is 11.7 Å². The number of nitrogens with zero attached hydrogens (tertiary/aromatic N) is 4. The van der Waals surface area contributed by atoms with Crippen LogP contribution in [-0.2, 0) is 20.9 Å². The zero-order valence-electron chi connectivity index (χ0n) is 18.2. The van der Waals surface area contributed by atoms with Crippen molar-refractivity contribution in [2.45, 2.75) is 51.0 Å². The van der Waals surface area contributed by atoms with Crippen LogP contribution in [0.1, 0.15) is 26.0 Å². The number of carbonyl (C=O) groups is 3. The molecular weight excluding hydrogens is 402 g/mol. The Kier molecular flexibility index (Phi) is 7.75. The fourth-order valence-corrected chi connectivity index (χ4v) is 4.11. The number of nitrogens with one attached hydrogen (secondary N) is 3. The maximum absolute atomic E-state index is 13.3. The van der Waals surface area contributed by atoms with Crippen molar-refractivity contribution in [2.24, 2.45) is 0 Å². The molecule has 2 aliphatic rings. The molecule has 31 heavy (non-hydrogen) atoms. The van der Waals surface area contributed by atoms with Gasteiger partial charge in [0.25, 0.3) is 0 Å². The number of methoxy groups -OCH3 is 1. The Morgan fingerprint density at radius 2 is 2.03 bits per heavy atom. The quantitative estimate of drug-likeness (QED) is 0.508. The molecule has 11 heteroatoms. The largest absolute Gasteiger partial charge is 0.375 e. The molecule has 0 saturated carbocycles. The van der Waals surface area contributed by atoms with Gasteiger partial charge in [-0.1, -0.05) is 0 Å². The van der Waals surface area contributed by atoms with E-state index in [1.54, 1.807) is 23.5 Å². The number of hydrogen-bond donors (Lipinski definition) is 3. The Morgan fingerprint density at radius 3 is 2.71 bits per heavy atom. The first-order chi connectivity index (χ1) is 14.9. The van der Waals surface area contributed by atoms with Gasteiger partial charge < -0.3 is 25.6 Å². The van der Waals surface area contributed by atoms with Crippen molar-refractivity contribution in [3.05, 3.63) is 24.3 Å². The molecule has 0 radical (unpaired) electrons. The predicted molar refractivity (Wildman–Crippen MR) is 112 cm³/mol. The lowest BCUT2D eigenvalue weighted by molar-refractivity contribution is -0.137. The smallest absolute Gasteiger partial charge is 0.315 e. The first kappa shape index (κ1) is 22.9. The van der Waals surface area contributed by atoms with Crippen molar-refractivity contribution in [1.82, 2.24) is 35.7 Å². The van der Waals surface area contributed by atoms with Crippen LogP contribution in [-0.4, -0.2) is 95.1 Å². The summed E-state index contributed by atoms with van der Waals surface area (Å²) in [6.07, 6.45) is 5.58. The summed E-state index contributed by atoms with van der Waals surface area (Å²) in [7, 11) is 1.43. The summed E-state index contributed by atoms with van der Waals surface area (Å²) < 4.78 is 4.89. The Balaban J connectivity index is 1.73. The number of urea groups is 1. The van der Waals surface area contributed by atoms with Gasteiger partial charge in [-0.25, -0.2) is 4.79 Å². The van der Waals surface area contributed by atoms with Crippen LogP contribution in [0.5, 0.6) is 0 Å². The van der Waals surface area contributed by atoms with Crippen LogP contribution in [0.25, 0.3) is 0 Å². The lowest BCUT2D eigenvalue weighted by Gasteiger charge is -2.24. The monoisotopic (exact) mass is 433 g/mol. The minimum absolute atomic E-state index is 0.0247. The standard InChI is InChI=1S/C20H31N7O4/c1-13(2)23-20(30)24-14-6-16-10-26(8-15-7-21-4-5-22-15)11-17(19(29)27(16)9-14)25-18(28)12-31-3/h4-5,7,13-14,16-17H,6,8-12H2,1-3H3,(H,25,28)(H2,23,24,30)/t14-,16-,17-/m0/s1. The van der Waals surface area contributed by atoms with Crippen LogP contribution in [0.15, 0.2) is 18.6 Å². The van der Waals surface area contributed by atoms with E-state index in [-0.39, 0.29) is 42.6 Å². The molecule has 0 spiro atoms.